The second-order valence-electron chi connectivity index (χ2n) is 3.59. The van der Waals surface area contributed by atoms with Gasteiger partial charge in [-0.3, -0.25) is 0 Å². The van der Waals surface area contributed by atoms with Crippen molar-refractivity contribution < 1.29 is 13.2 Å². The second-order valence-corrected chi connectivity index (χ2v) is 3.59. The zero-order chi connectivity index (χ0) is 11.2. The van der Waals surface area contributed by atoms with E-state index < -0.39 is 17.5 Å². The van der Waals surface area contributed by atoms with E-state index in [1.54, 1.807) is 6.92 Å². The predicted molar refractivity (Wildman–Crippen MR) is 53.3 cm³/mol. The molecule has 0 aliphatic rings. The van der Waals surface area contributed by atoms with Gasteiger partial charge in [0.15, 0.2) is 0 Å². The van der Waals surface area contributed by atoms with Crippen LogP contribution in [0.15, 0.2) is 18.2 Å². The summed E-state index contributed by atoms with van der Waals surface area (Å²) in [5.74, 6) is -1.97. The van der Waals surface area contributed by atoms with Crippen molar-refractivity contribution in [2.75, 3.05) is 0 Å². The average Bonchev–Trinajstić information content (AvgIpc) is 2.21. The Hall–Kier alpha value is -1.51. The molecule has 2 aromatic rings. The molecule has 15 heavy (non-hydrogen) atoms. The molecule has 0 aliphatic heterocycles. The number of hydrogen-bond donors (Lipinski definition) is 0. The van der Waals surface area contributed by atoms with E-state index in [-0.39, 0.29) is 16.3 Å². The summed E-state index contributed by atoms with van der Waals surface area (Å²) in [6, 6.07) is 3.99. The maximum Gasteiger partial charge on any atom is 0.136 e. The molecule has 0 nitrogen and oxygen atoms in total. The van der Waals surface area contributed by atoms with E-state index in [9.17, 15) is 13.2 Å². The fraction of sp³-hybridized carbons (Fsp3) is 0.167. The molecule has 0 atom stereocenters. The van der Waals surface area contributed by atoms with Gasteiger partial charge < -0.3 is 0 Å². The molecule has 0 unspecified atom stereocenters. The Morgan fingerprint density at radius 1 is 0.867 bits per heavy atom. The van der Waals surface area contributed by atoms with Gasteiger partial charge in [0.05, 0.1) is 0 Å². The topological polar surface area (TPSA) is 0 Å². The third kappa shape index (κ3) is 1.39. The normalized spacial score (nSPS) is 11.0. The summed E-state index contributed by atoms with van der Waals surface area (Å²) >= 11 is 0. The Labute approximate surface area is 85.3 Å². The van der Waals surface area contributed by atoms with Crippen LogP contribution in [0.3, 0.4) is 0 Å². The molecule has 78 valence electrons. The van der Waals surface area contributed by atoms with Crippen molar-refractivity contribution >= 4 is 10.8 Å². The minimum atomic E-state index is -0.718. The third-order valence-electron chi connectivity index (χ3n) is 2.57. The van der Waals surface area contributed by atoms with Crippen LogP contribution in [0.4, 0.5) is 13.2 Å². The highest BCUT2D eigenvalue weighted by molar-refractivity contribution is 5.85. The Kier molecular flexibility index (Phi) is 2.18. The van der Waals surface area contributed by atoms with Crippen LogP contribution < -0.4 is 0 Å². The van der Waals surface area contributed by atoms with Crippen LogP contribution >= 0.6 is 0 Å². The van der Waals surface area contributed by atoms with E-state index in [2.05, 4.69) is 0 Å². The molecule has 0 aliphatic carbocycles. The molecule has 2 aromatic carbocycles. The monoisotopic (exact) mass is 210 g/mol. The molecular formula is C12H9F3. The number of halogens is 3. The molecule has 0 spiro atoms. The van der Waals surface area contributed by atoms with E-state index in [1.807, 2.05) is 0 Å². The van der Waals surface area contributed by atoms with Gasteiger partial charge in [0.25, 0.3) is 0 Å². The van der Waals surface area contributed by atoms with Gasteiger partial charge in [0, 0.05) is 16.3 Å². The van der Waals surface area contributed by atoms with Crippen molar-refractivity contribution in [2.24, 2.45) is 0 Å². The SMILES string of the molecule is Cc1ccc2c(F)c(C)c(F)cc2c1F. The molecule has 0 aromatic heterocycles. The first-order valence-corrected chi connectivity index (χ1v) is 4.55. The first-order valence-electron chi connectivity index (χ1n) is 4.55. The van der Waals surface area contributed by atoms with Crippen molar-refractivity contribution in [2.45, 2.75) is 13.8 Å². The van der Waals surface area contributed by atoms with E-state index in [0.717, 1.165) is 6.07 Å². The second kappa shape index (κ2) is 3.26. The summed E-state index contributed by atoms with van der Waals surface area (Å²) in [6.45, 7) is 2.90. The van der Waals surface area contributed by atoms with Crippen molar-refractivity contribution in [1.29, 1.82) is 0 Å². The lowest BCUT2D eigenvalue weighted by molar-refractivity contribution is 0.573. The van der Waals surface area contributed by atoms with Crippen molar-refractivity contribution in [3.8, 4) is 0 Å². The summed E-state index contributed by atoms with van der Waals surface area (Å²) in [5, 5.41) is 0.118. The first kappa shape index (κ1) is 10.0. The molecule has 0 fully saturated rings. The largest absolute Gasteiger partial charge is 0.207 e. The van der Waals surface area contributed by atoms with E-state index in [4.69, 9.17) is 0 Å². The molecule has 3 heteroatoms. The molecule has 0 amide bonds. The number of rotatable bonds is 0. The number of fused-ring (bicyclic) bond motifs is 1. The maximum absolute atomic E-state index is 13.6. The summed E-state index contributed by atoms with van der Waals surface area (Å²) in [4.78, 5) is 0. The van der Waals surface area contributed by atoms with Crippen LogP contribution in [-0.4, -0.2) is 0 Å². The Balaban J connectivity index is 2.98. The van der Waals surface area contributed by atoms with Crippen molar-refractivity contribution in [3.05, 3.63) is 46.8 Å². The van der Waals surface area contributed by atoms with Crippen molar-refractivity contribution in [1.82, 2.24) is 0 Å². The maximum atomic E-state index is 13.6. The zero-order valence-electron chi connectivity index (χ0n) is 8.37. The van der Waals surface area contributed by atoms with Gasteiger partial charge in [0.1, 0.15) is 17.5 Å². The Morgan fingerprint density at radius 3 is 2.20 bits per heavy atom. The molecule has 0 saturated heterocycles. The van der Waals surface area contributed by atoms with E-state index >= 15 is 0 Å². The number of hydrogen-bond acceptors (Lipinski definition) is 0. The van der Waals surface area contributed by atoms with Crippen LogP contribution in [0, 0.1) is 31.3 Å². The lowest BCUT2D eigenvalue weighted by Gasteiger charge is -2.06. The summed E-state index contributed by atoms with van der Waals surface area (Å²) in [5.41, 5.74) is 0.302. The molecule has 0 N–H and O–H groups in total. The highest BCUT2D eigenvalue weighted by Gasteiger charge is 2.13. The van der Waals surface area contributed by atoms with Gasteiger partial charge in [0.2, 0.25) is 0 Å². The van der Waals surface area contributed by atoms with Crippen LogP contribution in [0.2, 0.25) is 0 Å². The van der Waals surface area contributed by atoms with Crippen LogP contribution in [-0.2, 0) is 0 Å². The number of aryl methyl sites for hydroxylation is 1. The Morgan fingerprint density at radius 2 is 1.53 bits per heavy atom. The van der Waals surface area contributed by atoms with Crippen LogP contribution in [0.1, 0.15) is 11.1 Å². The zero-order valence-corrected chi connectivity index (χ0v) is 8.37. The highest BCUT2D eigenvalue weighted by atomic mass is 19.1. The predicted octanol–water partition coefficient (Wildman–Crippen LogP) is 3.87. The Bertz CT molecular complexity index is 544. The summed E-state index contributed by atoms with van der Waals surface area (Å²) in [6.07, 6.45) is 0. The third-order valence-corrected chi connectivity index (χ3v) is 2.57. The van der Waals surface area contributed by atoms with Crippen molar-refractivity contribution in [3.63, 3.8) is 0 Å². The minimum absolute atomic E-state index is 0.00407. The molecule has 2 rings (SSSR count). The minimum Gasteiger partial charge on any atom is -0.207 e. The van der Waals surface area contributed by atoms with Crippen LogP contribution in [0.5, 0.6) is 0 Å². The number of benzene rings is 2. The molecule has 0 saturated carbocycles. The molecular weight excluding hydrogens is 201 g/mol. The standard InChI is InChI=1S/C12H9F3/c1-6-3-4-8-9(11(6)14)5-10(13)7(2)12(8)15/h3-5H,1-2H3. The van der Waals surface area contributed by atoms with Gasteiger partial charge in [-0.1, -0.05) is 12.1 Å². The van der Waals surface area contributed by atoms with E-state index in [1.165, 1.54) is 19.1 Å². The first-order chi connectivity index (χ1) is 7.02. The lowest BCUT2D eigenvalue weighted by atomic mass is 10.0. The van der Waals surface area contributed by atoms with E-state index in [0.29, 0.717) is 5.56 Å². The highest BCUT2D eigenvalue weighted by Crippen LogP contribution is 2.26. The van der Waals surface area contributed by atoms with Gasteiger partial charge in [-0.25, -0.2) is 13.2 Å². The molecule has 0 bridgehead atoms. The van der Waals surface area contributed by atoms with Crippen LogP contribution in [0.25, 0.3) is 10.8 Å². The molecule has 0 heterocycles. The van der Waals surface area contributed by atoms with Gasteiger partial charge in [-0.15, -0.1) is 0 Å². The van der Waals surface area contributed by atoms with Gasteiger partial charge >= 0.3 is 0 Å². The fourth-order valence-corrected chi connectivity index (χ4v) is 1.58. The quantitative estimate of drug-likeness (QED) is 0.619. The summed E-state index contributed by atoms with van der Waals surface area (Å²) in [7, 11) is 0. The fourth-order valence-electron chi connectivity index (χ4n) is 1.58. The van der Waals surface area contributed by atoms with Gasteiger partial charge in [-0.05, 0) is 25.5 Å². The lowest BCUT2D eigenvalue weighted by Crippen LogP contribution is -1.94. The average molecular weight is 210 g/mol. The smallest absolute Gasteiger partial charge is 0.136 e. The molecule has 0 radical (unpaired) electrons. The van der Waals surface area contributed by atoms with Gasteiger partial charge in [-0.2, -0.15) is 0 Å². The summed E-state index contributed by atoms with van der Waals surface area (Å²) < 4.78 is 40.3.